The van der Waals surface area contributed by atoms with Crippen molar-refractivity contribution in [2.45, 2.75) is 39.7 Å². The zero-order chi connectivity index (χ0) is 12.2. The molecular weight excluding hydrogens is 192 g/mol. The van der Waals surface area contributed by atoms with Crippen LogP contribution in [0.2, 0.25) is 0 Å². The zero-order valence-electron chi connectivity index (χ0n) is 10.3. The molecule has 0 rings (SSSR count). The Kier molecular flexibility index (Phi) is 4.94. The Morgan fingerprint density at radius 3 is 2.07 bits per heavy atom. The van der Waals surface area contributed by atoms with Gasteiger partial charge in [-0.15, -0.1) is 0 Å². The van der Waals surface area contributed by atoms with Crippen LogP contribution < -0.4 is 5.73 Å². The number of rotatable bonds is 4. The third-order valence-corrected chi connectivity index (χ3v) is 2.24. The molecule has 4 heteroatoms. The van der Waals surface area contributed by atoms with Crippen molar-refractivity contribution in [3.63, 3.8) is 0 Å². The Bertz CT molecular complexity index is 241. The molecule has 1 amide bonds. The lowest BCUT2D eigenvalue weighted by Crippen LogP contribution is -2.39. The van der Waals surface area contributed by atoms with E-state index in [1.807, 2.05) is 20.8 Å². The van der Waals surface area contributed by atoms with Crippen molar-refractivity contribution >= 4 is 11.7 Å². The minimum atomic E-state index is -0.533. The first-order valence-electron chi connectivity index (χ1n) is 5.16. The van der Waals surface area contributed by atoms with Crippen molar-refractivity contribution < 1.29 is 9.59 Å². The van der Waals surface area contributed by atoms with Gasteiger partial charge < -0.3 is 10.6 Å². The molecule has 0 spiro atoms. The second-order valence-electron chi connectivity index (χ2n) is 5.05. The molecule has 1 unspecified atom stereocenters. The Hall–Kier alpha value is -0.900. The van der Waals surface area contributed by atoms with Gasteiger partial charge in [0.1, 0.15) is 0 Å². The highest BCUT2D eigenvalue weighted by Crippen LogP contribution is 2.17. The van der Waals surface area contributed by atoms with Crippen LogP contribution in [-0.2, 0) is 9.59 Å². The van der Waals surface area contributed by atoms with E-state index in [-0.39, 0.29) is 11.7 Å². The fourth-order valence-corrected chi connectivity index (χ4v) is 1.19. The maximum Gasteiger partial charge on any atom is 0.222 e. The third kappa shape index (κ3) is 4.93. The van der Waals surface area contributed by atoms with Gasteiger partial charge in [0.15, 0.2) is 5.78 Å². The molecule has 0 saturated heterocycles. The fraction of sp³-hybridized carbons (Fsp3) is 0.818. The lowest BCUT2D eigenvalue weighted by atomic mass is 9.85. The number of nitrogens with zero attached hydrogens (tertiary/aromatic N) is 1. The quantitative estimate of drug-likeness (QED) is 0.752. The van der Waals surface area contributed by atoms with Crippen molar-refractivity contribution in [3.05, 3.63) is 0 Å². The molecule has 0 saturated carbocycles. The second kappa shape index (κ2) is 5.26. The van der Waals surface area contributed by atoms with E-state index in [2.05, 4.69) is 0 Å². The summed E-state index contributed by atoms with van der Waals surface area (Å²) in [6.07, 6.45) is 0.753. The Labute approximate surface area is 91.8 Å². The van der Waals surface area contributed by atoms with Gasteiger partial charge in [-0.25, -0.2) is 0 Å². The van der Waals surface area contributed by atoms with Crippen molar-refractivity contribution in [1.29, 1.82) is 0 Å². The van der Waals surface area contributed by atoms with Crippen LogP contribution in [0, 0.1) is 5.41 Å². The minimum Gasteiger partial charge on any atom is -0.349 e. The maximum atomic E-state index is 11.7. The van der Waals surface area contributed by atoms with Gasteiger partial charge in [-0.05, 0) is 6.42 Å². The van der Waals surface area contributed by atoms with Crippen LogP contribution in [0.5, 0.6) is 0 Å². The van der Waals surface area contributed by atoms with Gasteiger partial charge in [-0.2, -0.15) is 0 Å². The normalized spacial score (nSPS) is 13.5. The van der Waals surface area contributed by atoms with Crippen LogP contribution in [0.1, 0.15) is 33.6 Å². The molecular formula is C11H22N2O2. The highest BCUT2D eigenvalue weighted by Gasteiger charge is 2.27. The summed E-state index contributed by atoms with van der Waals surface area (Å²) in [7, 11) is 3.39. The van der Waals surface area contributed by atoms with Crippen LogP contribution in [0.25, 0.3) is 0 Å². The molecule has 88 valence electrons. The first-order chi connectivity index (χ1) is 6.66. The molecule has 2 N–H and O–H groups in total. The van der Waals surface area contributed by atoms with Crippen LogP contribution in [-0.4, -0.2) is 36.7 Å². The lowest BCUT2D eigenvalue weighted by Gasteiger charge is -2.21. The van der Waals surface area contributed by atoms with Crippen molar-refractivity contribution in [3.8, 4) is 0 Å². The molecule has 0 aliphatic heterocycles. The second-order valence-corrected chi connectivity index (χ2v) is 5.05. The average molecular weight is 214 g/mol. The smallest absolute Gasteiger partial charge is 0.222 e. The molecule has 0 aromatic heterocycles. The molecule has 0 heterocycles. The number of carbonyl (C=O) groups excluding carboxylic acids is 2. The van der Waals surface area contributed by atoms with E-state index in [0.717, 1.165) is 0 Å². The fourth-order valence-electron chi connectivity index (χ4n) is 1.19. The Morgan fingerprint density at radius 1 is 1.27 bits per heavy atom. The Balaban J connectivity index is 4.11. The number of nitrogens with two attached hydrogens (primary N) is 1. The first kappa shape index (κ1) is 14.1. The van der Waals surface area contributed by atoms with E-state index in [4.69, 9.17) is 5.73 Å². The minimum absolute atomic E-state index is 0.00663. The number of carbonyl (C=O) groups is 2. The van der Waals surface area contributed by atoms with E-state index in [0.29, 0.717) is 12.8 Å². The molecule has 4 nitrogen and oxygen atoms in total. The van der Waals surface area contributed by atoms with Gasteiger partial charge in [0.2, 0.25) is 5.91 Å². The standard InChI is InChI=1S/C11H22N2O2/c1-11(2,3)10(15)8(12)6-7-9(14)13(4)5/h8H,6-7,12H2,1-5H3. The topological polar surface area (TPSA) is 63.4 Å². The summed E-state index contributed by atoms with van der Waals surface area (Å²) < 4.78 is 0. The first-order valence-corrected chi connectivity index (χ1v) is 5.16. The average Bonchev–Trinajstić information content (AvgIpc) is 2.10. The highest BCUT2D eigenvalue weighted by molar-refractivity contribution is 5.89. The number of amides is 1. The largest absolute Gasteiger partial charge is 0.349 e. The summed E-state index contributed by atoms with van der Waals surface area (Å²) in [6.45, 7) is 5.51. The summed E-state index contributed by atoms with van der Waals surface area (Å²) in [5.74, 6) is 0.0150. The molecule has 1 atom stereocenters. The van der Waals surface area contributed by atoms with Gasteiger partial charge in [0.05, 0.1) is 6.04 Å². The monoisotopic (exact) mass is 214 g/mol. The number of hydrogen-bond acceptors (Lipinski definition) is 3. The van der Waals surface area contributed by atoms with Crippen LogP contribution in [0.4, 0.5) is 0 Å². The number of ketones is 1. The molecule has 0 bridgehead atoms. The van der Waals surface area contributed by atoms with Gasteiger partial charge in [0.25, 0.3) is 0 Å². The van der Waals surface area contributed by atoms with Crippen LogP contribution in [0.3, 0.4) is 0 Å². The molecule has 0 aliphatic rings. The van der Waals surface area contributed by atoms with Crippen molar-refractivity contribution in [1.82, 2.24) is 4.90 Å². The molecule has 0 radical (unpaired) electrons. The summed E-state index contributed by atoms with van der Waals surface area (Å²) >= 11 is 0. The van der Waals surface area contributed by atoms with E-state index in [9.17, 15) is 9.59 Å². The highest BCUT2D eigenvalue weighted by atomic mass is 16.2. The molecule has 0 aliphatic carbocycles. The van der Waals surface area contributed by atoms with E-state index in [1.54, 1.807) is 14.1 Å². The van der Waals surface area contributed by atoms with Crippen molar-refractivity contribution in [2.24, 2.45) is 11.1 Å². The maximum absolute atomic E-state index is 11.7. The third-order valence-electron chi connectivity index (χ3n) is 2.24. The molecule has 15 heavy (non-hydrogen) atoms. The summed E-state index contributed by atoms with van der Waals surface area (Å²) in [4.78, 5) is 24.5. The van der Waals surface area contributed by atoms with Gasteiger partial charge >= 0.3 is 0 Å². The predicted octanol–water partition coefficient (Wildman–Crippen LogP) is 0.797. The Morgan fingerprint density at radius 2 is 1.73 bits per heavy atom. The van der Waals surface area contributed by atoms with Gasteiger partial charge in [-0.1, -0.05) is 20.8 Å². The van der Waals surface area contributed by atoms with E-state index >= 15 is 0 Å². The van der Waals surface area contributed by atoms with Gasteiger partial charge in [0, 0.05) is 25.9 Å². The molecule has 0 aromatic rings. The number of Topliss-reactive ketones (excluding diaryl/α,β-unsaturated/α-hetero) is 1. The summed E-state index contributed by atoms with van der Waals surface area (Å²) in [5, 5.41) is 0. The predicted molar refractivity (Wildman–Crippen MR) is 60.4 cm³/mol. The van der Waals surface area contributed by atoms with E-state index < -0.39 is 11.5 Å². The van der Waals surface area contributed by atoms with Gasteiger partial charge in [-0.3, -0.25) is 9.59 Å². The van der Waals surface area contributed by atoms with Crippen LogP contribution >= 0.6 is 0 Å². The summed E-state index contributed by atoms with van der Waals surface area (Å²) in [5.41, 5.74) is 5.30. The zero-order valence-corrected chi connectivity index (χ0v) is 10.3. The van der Waals surface area contributed by atoms with E-state index in [1.165, 1.54) is 4.90 Å². The van der Waals surface area contributed by atoms with Crippen LogP contribution in [0.15, 0.2) is 0 Å². The lowest BCUT2D eigenvalue weighted by molar-refractivity contribution is -0.130. The summed E-state index contributed by atoms with van der Waals surface area (Å²) in [6, 6.07) is -0.533. The van der Waals surface area contributed by atoms with Crippen molar-refractivity contribution in [2.75, 3.05) is 14.1 Å². The molecule has 0 fully saturated rings. The SMILES string of the molecule is CN(C)C(=O)CCC(N)C(=O)C(C)(C)C. The number of hydrogen-bond donors (Lipinski definition) is 1. The molecule has 0 aromatic carbocycles.